The van der Waals surface area contributed by atoms with E-state index in [0.717, 1.165) is 57.8 Å². The number of hydrogen-bond acceptors (Lipinski definition) is 8. The largest absolute Gasteiger partial charge is 0.472 e. The normalized spacial score (nSPS) is 13.6. The maximum absolute atomic E-state index is 12.6. The molecular weight excluding hydrogens is 762 g/mol. The highest BCUT2D eigenvalue weighted by atomic mass is 31.2. The molecule has 0 rings (SSSR count). The third-order valence-electron chi connectivity index (χ3n) is 10.2. The molecule has 0 aromatic carbocycles. The first-order valence-corrected chi connectivity index (χ1v) is 25.6. The number of hydrogen-bond donors (Lipinski definition) is 2. The number of rotatable bonds is 45. The zero-order valence-electron chi connectivity index (χ0n) is 38.0. The number of carbonyl (C=O) groups excluding carboxylic acids is 2. The van der Waals surface area contributed by atoms with Crippen LogP contribution in [0, 0.1) is 0 Å². The van der Waals surface area contributed by atoms with Gasteiger partial charge in [-0.05, 0) is 77.0 Å². The summed E-state index contributed by atoms with van der Waals surface area (Å²) in [5, 5.41) is 0. The van der Waals surface area contributed by atoms with Gasteiger partial charge in [-0.2, -0.15) is 0 Å². The average molecular weight is 852 g/mol. The van der Waals surface area contributed by atoms with E-state index in [-0.39, 0.29) is 38.6 Å². The molecule has 0 aliphatic rings. The van der Waals surface area contributed by atoms with E-state index in [1.165, 1.54) is 128 Å². The van der Waals surface area contributed by atoms with Gasteiger partial charge in [0.2, 0.25) is 0 Å². The van der Waals surface area contributed by atoms with Gasteiger partial charge in [0, 0.05) is 19.4 Å². The molecule has 0 saturated heterocycles. The summed E-state index contributed by atoms with van der Waals surface area (Å²) < 4.78 is 32.9. The zero-order valence-corrected chi connectivity index (χ0v) is 38.9. The number of esters is 2. The van der Waals surface area contributed by atoms with Gasteiger partial charge in [-0.15, -0.1) is 0 Å². The molecule has 0 aromatic rings. The summed E-state index contributed by atoms with van der Waals surface area (Å²) in [6.45, 7) is 3.69. The van der Waals surface area contributed by atoms with Crippen molar-refractivity contribution in [2.45, 2.75) is 225 Å². The van der Waals surface area contributed by atoms with E-state index in [0.29, 0.717) is 6.42 Å². The zero-order chi connectivity index (χ0) is 43.2. The van der Waals surface area contributed by atoms with Crippen molar-refractivity contribution in [3.8, 4) is 0 Å². The minimum absolute atomic E-state index is 0.0510. The first-order chi connectivity index (χ1) is 28.8. The molecular formula is C49H90NO8P. The summed E-state index contributed by atoms with van der Waals surface area (Å²) >= 11 is 0. The van der Waals surface area contributed by atoms with E-state index < -0.39 is 26.5 Å². The highest BCUT2D eigenvalue weighted by Gasteiger charge is 2.26. The SMILES string of the molecule is CCCCC/C=C\C/C=C\CCCCCCCCCCCC(=O)OCC(COP(=O)(O)OCCN)OC(=O)CCCCCCCCCCC/C=C\C/C=C\CCCCC. The minimum atomic E-state index is -4.38. The Morgan fingerprint density at radius 1 is 0.508 bits per heavy atom. The highest BCUT2D eigenvalue weighted by molar-refractivity contribution is 7.47. The van der Waals surface area contributed by atoms with Gasteiger partial charge in [-0.25, -0.2) is 4.57 Å². The Kier molecular flexibility index (Phi) is 43.9. The van der Waals surface area contributed by atoms with Crippen molar-refractivity contribution in [3.05, 3.63) is 48.6 Å². The number of ether oxygens (including phenoxy) is 2. The molecule has 344 valence electrons. The Morgan fingerprint density at radius 2 is 0.881 bits per heavy atom. The number of phosphoric ester groups is 1. The molecule has 0 spiro atoms. The standard InChI is InChI=1S/C49H90NO8P/c1-3-5-7-9-11-13-15-17-19-21-23-25-27-29-31-33-35-37-39-41-48(51)55-45-47(46-57-59(53,54)56-44-43-50)58-49(52)42-40-38-36-34-32-30-28-26-24-22-20-18-16-14-12-10-8-6-4-2/h11-14,17-20,47H,3-10,15-16,21-46,50H2,1-2H3,(H,53,54)/b13-11-,14-12-,19-17-,20-18-. The lowest BCUT2D eigenvalue weighted by Crippen LogP contribution is -2.29. The summed E-state index contributed by atoms with van der Waals surface area (Å²) in [4.78, 5) is 35.0. The van der Waals surface area contributed by atoms with E-state index >= 15 is 0 Å². The van der Waals surface area contributed by atoms with Crippen molar-refractivity contribution in [2.75, 3.05) is 26.4 Å². The predicted molar refractivity (Wildman–Crippen MR) is 247 cm³/mol. The van der Waals surface area contributed by atoms with Gasteiger partial charge in [0.25, 0.3) is 0 Å². The molecule has 2 atom stereocenters. The van der Waals surface area contributed by atoms with Crippen molar-refractivity contribution >= 4 is 19.8 Å². The third kappa shape index (κ3) is 45.3. The Morgan fingerprint density at radius 3 is 1.29 bits per heavy atom. The van der Waals surface area contributed by atoms with E-state index in [1.807, 2.05) is 0 Å². The Balaban J connectivity index is 4.09. The molecule has 0 bridgehead atoms. The third-order valence-corrected chi connectivity index (χ3v) is 11.2. The second kappa shape index (κ2) is 45.5. The fraction of sp³-hybridized carbons (Fsp3) is 0.796. The summed E-state index contributed by atoms with van der Waals surface area (Å²) in [5.74, 6) is -0.835. The fourth-order valence-electron chi connectivity index (χ4n) is 6.58. The first kappa shape index (κ1) is 57.0. The van der Waals surface area contributed by atoms with Crippen LogP contribution in [0.4, 0.5) is 0 Å². The molecule has 0 aliphatic carbocycles. The van der Waals surface area contributed by atoms with Gasteiger partial charge >= 0.3 is 19.8 Å². The summed E-state index contributed by atoms with van der Waals surface area (Å²) in [5.41, 5.74) is 5.36. The van der Waals surface area contributed by atoms with Gasteiger partial charge in [-0.1, -0.05) is 178 Å². The van der Waals surface area contributed by atoms with Crippen LogP contribution in [0.15, 0.2) is 48.6 Å². The van der Waals surface area contributed by atoms with Crippen LogP contribution >= 0.6 is 7.82 Å². The van der Waals surface area contributed by atoms with E-state index in [2.05, 4.69) is 62.5 Å². The molecule has 0 fully saturated rings. The summed E-state index contributed by atoms with van der Waals surface area (Å²) in [6.07, 6.45) is 52.8. The molecule has 3 N–H and O–H groups in total. The van der Waals surface area contributed by atoms with E-state index in [4.69, 9.17) is 24.3 Å². The molecule has 0 aromatic heterocycles. The maximum Gasteiger partial charge on any atom is 0.472 e. The summed E-state index contributed by atoms with van der Waals surface area (Å²) in [7, 11) is -4.38. The van der Waals surface area contributed by atoms with Crippen LogP contribution in [0.3, 0.4) is 0 Å². The van der Waals surface area contributed by atoms with Gasteiger partial charge in [0.1, 0.15) is 6.61 Å². The van der Waals surface area contributed by atoms with Crippen molar-refractivity contribution in [1.82, 2.24) is 0 Å². The van der Waals surface area contributed by atoms with Gasteiger partial charge in [0.05, 0.1) is 13.2 Å². The van der Waals surface area contributed by atoms with E-state index in [9.17, 15) is 19.0 Å². The fourth-order valence-corrected chi connectivity index (χ4v) is 7.34. The van der Waals surface area contributed by atoms with Crippen LogP contribution in [0.2, 0.25) is 0 Å². The quantitative estimate of drug-likeness (QED) is 0.0266. The maximum atomic E-state index is 12.6. The van der Waals surface area contributed by atoms with Crippen LogP contribution < -0.4 is 5.73 Å². The lowest BCUT2D eigenvalue weighted by molar-refractivity contribution is -0.161. The molecule has 0 radical (unpaired) electrons. The first-order valence-electron chi connectivity index (χ1n) is 24.1. The van der Waals surface area contributed by atoms with Crippen LogP contribution in [0.25, 0.3) is 0 Å². The van der Waals surface area contributed by atoms with Crippen molar-refractivity contribution in [1.29, 1.82) is 0 Å². The molecule has 2 unspecified atom stereocenters. The van der Waals surface area contributed by atoms with Crippen LogP contribution in [0.5, 0.6) is 0 Å². The number of unbranched alkanes of at least 4 members (excludes halogenated alkanes) is 24. The molecule has 0 heterocycles. The topological polar surface area (TPSA) is 134 Å². The van der Waals surface area contributed by atoms with Gasteiger partial charge < -0.3 is 20.1 Å². The van der Waals surface area contributed by atoms with Gasteiger partial charge in [0.15, 0.2) is 6.10 Å². The monoisotopic (exact) mass is 852 g/mol. The second-order valence-corrected chi connectivity index (χ2v) is 17.4. The highest BCUT2D eigenvalue weighted by Crippen LogP contribution is 2.43. The molecule has 9 nitrogen and oxygen atoms in total. The number of phosphoric acid groups is 1. The second-order valence-electron chi connectivity index (χ2n) is 16.0. The lowest BCUT2D eigenvalue weighted by Gasteiger charge is -2.19. The Hall–Kier alpha value is -2.03. The minimum Gasteiger partial charge on any atom is -0.462 e. The molecule has 10 heteroatoms. The van der Waals surface area contributed by atoms with Gasteiger partial charge in [-0.3, -0.25) is 18.6 Å². The number of carbonyl (C=O) groups is 2. The predicted octanol–water partition coefficient (Wildman–Crippen LogP) is 14.3. The van der Waals surface area contributed by atoms with Crippen molar-refractivity contribution < 1.29 is 37.6 Å². The van der Waals surface area contributed by atoms with Crippen LogP contribution in [-0.2, 0) is 32.7 Å². The molecule has 0 aliphatic heterocycles. The smallest absolute Gasteiger partial charge is 0.462 e. The molecule has 59 heavy (non-hydrogen) atoms. The Labute approximate surface area is 362 Å². The number of allylic oxidation sites excluding steroid dienone is 8. The lowest BCUT2D eigenvalue weighted by atomic mass is 10.1. The summed E-state index contributed by atoms with van der Waals surface area (Å²) in [6, 6.07) is 0. The Bertz CT molecular complexity index is 1110. The molecule has 0 saturated carbocycles. The number of nitrogens with two attached hydrogens (primary N) is 1. The molecule has 0 amide bonds. The van der Waals surface area contributed by atoms with Crippen molar-refractivity contribution in [3.63, 3.8) is 0 Å². The van der Waals surface area contributed by atoms with E-state index in [1.54, 1.807) is 0 Å². The average Bonchev–Trinajstić information content (AvgIpc) is 3.22. The van der Waals surface area contributed by atoms with Crippen LogP contribution in [-0.4, -0.2) is 49.3 Å². The van der Waals surface area contributed by atoms with Crippen LogP contribution in [0.1, 0.15) is 219 Å². The van der Waals surface area contributed by atoms with Crippen molar-refractivity contribution in [2.24, 2.45) is 5.73 Å².